The van der Waals surface area contributed by atoms with Gasteiger partial charge in [-0.3, -0.25) is 14.4 Å². The number of ether oxygens (including phenoxy) is 1. The van der Waals surface area contributed by atoms with Crippen LogP contribution in [0.1, 0.15) is 51.9 Å². The summed E-state index contributed by atoms with van der Waals surface area (Å²) in [5, 5.41) is 6.25. The summed E-state index contributed by atoms with van der Waals surface area (Å²) in [5.74, 6) is -1.05. The maximum absolute atomic E-state index is 13.2. The lowest BCUT2D eigenvalue weighted by Gasteiger charge is -2.44. The molecule has 2 heterocycles. The molecule has 0 unspecified atom stereocenters. The van der Waals surface area contributed by atoms with Gasteiger partial charge < -0.3 is 20.3 Å². The lowest BCUT2D eigenvalue weighted by atomic mass is 9.78. The van der Waals surface area contributed by atoms with E-state index in [1.54, 1.807) is 11.8 Å². The Morgan fingerprint density at radius 3 is 2.50 bits per heavy atom. The Morgan fingerprint density at radius 2 is 1.88 bits per heavy atom. The van der Waals surface area contributed by atoms with Gasteiger partial charge in [-0.2, -0.15) is 0 Å². The summed E-state index contributed by atoms with van der Waals surface area (Å²) in [5.41, 5.74) is -0.556. The molecule has 146 valence electrons. The highest BCUT2D eigenvalue weighted by molar-refractivity contribution is 5.98. The smallest absolute Gasteiger partial charge is 0.318 e. The van der Waals surface area contributed by atoms with Crippen LogP contribution in [-0.2, 0) is 19.1 Å². The van der Waals surface area contributed by atoms with Crippen LogP contribution in [-0.4, -0.2) is 61.0 Å². The molecular weight excluding hydrogens is 334 g/mol. The topological polar surface area (TPSA) is 87.7 Å². The van der Waals surface area contributed by atoms with Gasteiger partial charge in [0.05, 0.1) is 6.61 Å². The number of hydrogen-bond donors (Lipinski definition) is 2. The molecule has 7 heteroatoms. The van der Waals surface area contributed by atoms with Crippen molar-refractivity contribution in [1.82, 2.24) is 15.5 Å². The Kier molecular flexibility index (Phi) is 6.16. The minimum atomic E-state index is -0.683. The number of amides is 2. The number of nitrogens with one attached hydrogen (secondary N) is 2. The van der Waals surface area contributed by atoms with Gasteiger partial charge in [0.1, 0.15) is 11.5 Å². The van der Waals surface area contributed by atoms with E-state index in [-0.39, 0.29) is 23.7 Å². The molecule has 2 N–H and O–H groups in total. The van der Waals surface area contributed by atoms with Crippen molar-refractivity contribution in [3.8, 4) is 0 Å². The standard InChI is InChI=1S/C19H31N3O4/c1-2-26-17(24)15(14-6-4-3-5-7-14)16(23)22-12-8-19(9-13-22)18(25)20-10-11-21-19/h14-15,21H,2-13H2,1H3,(H,20,25)/t15-/m0/s1. The molecule has 0 aromatic rings. The highest BCUT2D eigenvalue weighted by Gasteiger charge is 2.46. The number of piperazine rings is 1. The van der Waals surface area contributed by atoms with Crippen LogP contribution >= 0.6 is 0 Å². The number of nitrogens with zero attached hydrogens (tertiary/aromatic N) is 1. The van der Waals surface area contributed by atoms with E-state index in [1.807, 2.05) is 0 Å². The van der Waals surface area contributed by atoms with E-state index in [9.17, 15) is 14.4 Å². The van der Waals surface area contributed by atoms with Crippen molar-refractivity contribution < 1.29 is 19.1 Å². The minimum absolute atomic E-state index is 0.0325. The fraction of sp³-hybridized carbons (Fsp3) is 0.842. The Morgan fingerprint density at radius 1 is 1.19 bits per heavy atom. The molecule has 0 bridgehead atoms. The number of rotatable bonds is 4. The van der Waals surface area contributed by atoms with Crippen LogP contribution in [0.5, 0.6) is 0 Å². The molecule has 1 saturated carbocycles. The molecule has 0 radical (unpaired) electrons. The Hall–Kier alpha value is -1.63. The summed E-state index contributed by atoms with van der Waals surface area (Å²) < 4.78 is 5.23. The summed E-state index contributed by atoms with van der Waals surface area (Å²) in [6, 6.07) is 0. The van der Waals surface area contributed by atoms with Crippen molar-refractivity contribution in [1.29, 1.82) is 0 Å². The van der Waals surface area contributed by atoms with Crippen molar-refractivity contribution in [3.05, 3.63) is 0 Å². The van der Waals surface area contributed by atoms with Crippen molar-refractivity contribution >= 4 is 17.8 Å². The fourth-order valence-electron chi connectivity index (χ4n) is 4.63. The second kappa shape index (κ2) is 8.37. The molecule has 1 spiro atoms. The van der Waals surface area contributed by atoms with Gasteiger partial charge in [-0.15, -0.1) is 0 Å². The molecule has 2 saturated heterocycles. The summed E-state index contributed by atoms with van der Waals surface area (Å²) in [4.78, 5) is 39.7. The Balaban J connectivity index is 1.67. The minimum Gasteiger partial charge on any atom is -0.465 e. The predicted octanol–water partition coefficient (Wildman–Crippen LogP) is 0.827. The Labute approximate surface area is 155 Å². The van der Waals surface area contributed by atoms with Crippen LogP contribution in [0.25, 0.3) is 0 Å². The van der Waals surface area contributed by atoms with Gasteiger partial charge in [0.25, 0.3) is 0 Å². The van der Waals surface area contributed by atoms with Crippen LogP contribution in [0, 0.1) is 11.8 Å². The van der Waals surface area contributed by atoms with Crippen LogP contribution in [0.2, 0.25) is 0 Å². The van der Waals surface area contributed by atoms with Crippen molar-refractivity contribution in [2.45, 2.75) is 57.4 Å². The van der Waals surface area contributed by atoms with Crippen LogP contribution in [0.3, 0.4) is 0 Å². The lowest BCUT2D eigenvalue weighted by molar-refractivity contribution is -0.160. The van der Waals surface area contributed by atoms with E-state index in [2.05, 4.69) is 10.6 Å². The zero-order chi connectivity index (χ0) is 18.6. The summed E-state index contributed by atoms with van der Waals surface area (Å²) in [6.07, 6.45) is 6.32. The van der Waals surface area contributed by atoms with E-state index >= 15 is 0 Å². The molecule has 1 atom stereocenters. The monoisotopic (exact) mass is 365 g/mol. The number of hydrogen-bond acceptors (Lipinski definition) is 5. The molecule has 1 aliphatic carbocycles. The van der Waals surface area contributed by atoms with Crippen LogP contribution in [0.4, 0.5) is 0 Å². The van der Waals surface area contributed by atoms with Crippen molar-refractivity contribution in [2.24, 2.45) is 11.8 Å². The first-order chi connectivity index (χ1) is 12.6. The molecule has 7 nitrogen and oxygen atoms in total. The van der Waals surface area contributed by atoms with Crippen molar-refractivity contribution in [3.63, 3.8) is 0 Å². The normalized spacial score (nSPS) is 24.8. The first kappa shape index (κ1) is 19.1. The number of carbonyl (C=O) groups is 3. The molecular formula is C19H31N3O4. The molecule has 3 aliphatic rings. The maximum atomic E-state index is 13.2. The van der Waals surface area contributed by atoms with Gasteiger partial charge in [-0.05, 0) is 38.5 Å². The number of piperidine rings is 1. The Bertz CT molecular complexity index is 537. The number of likely N-dealkylation sites (tertiary alicyclic amines) is 1. The van der Waals surface area contributed by atoms with Gasteiger partial charge >= 0.3 is 5.97 Å². The first-order valence-corrected chi connectivity index (χ1v) is 10.1. The molecule has 0 aromatic carbocycles. The third kappa shape index (κ3) is 3.87. The fourth-order valence-corrected chi connectivity index (χ4v) is 4.63. The number of carbonyl (C=O) groups excluding carboxylic acids is 3. The highest BCUT2D eigenvalue weighted by atomic mass is 16.5. The SMILES string of the molecule is CCOC(=O)[C@H](C(=O)N1CCC2(CC1)NCCNC2=O)C1CCCCC1. The van der Waals surface area contributed by atoms with E-state index in [0.29, 0.717) is 39.1 Å². The summed E-state index contributed by atoms with van der Waals surface area (Å²) >= 11 is 0. The molecule has 2 aliphatic heterocycles. The van der Waals surface area contributed by atoms with Gasteiger partial charge in [0, 0.05) is 26.2 Å². The van der Waals surface area contributed by atoms with E-state index in [0.717, 1.165) is 32.2 Å². The summed E-state index contributed by atoms with van der Waals surface area (Å²) in [7, 11) is 0. The molecule has 0 aromatic heterocycles. The lowest BCUT2D eigenvalue weighted by Crippen LogP contribution is -2.67. The largest absolute Gasteiger partial charge is 0.465 e. The highest BCUT2D eigenvalue weighted by Crippen LogP contribution is 2.33. The molecule has 3 rings (SSSR count). The van der Waals surface area contributed by atoms with Gasteiger partial charge in [0.2, 0.25) is 11.8 Å². The van der Waals surface area contributed by atoms with Crippen LogP contribution < -0.4 is 10.6 Å². The zero-order valence-corrected chi connectivity index (χ0v) is 15.7. The third-order valence-corrected chi connectivity index (χ3v) is 6.17. The molecule has 2 amide bonds. The third-order valence-electron chi connectivity index (χ3n) is 6.17. The predicted molar refractivity (Wildman–Crippen MR) is 96.3 cm³/mol. The zero-order valence-electron chi connectivity index (χ0n) is 15.7. The second-order valence-corrected chi connectivity index (χ2v) is 7.72. The molecule has 3 fully saturated rings. The van der Waals surface area contributed by atoms with E-state index < -0.39 is 11.5 Å². The molecule has 26 heavy (non-hydrogen) atoms. The maximum Gasteiger partial charge on any atom is 0.318 e. The van der Waals surface area contributed by atoms with Gasteiger partial charge in [-0.1, -0.05) is 19.3 Å². The average Bonchev–Trinajstić information content (AvgIpc) is 2.66. The first-order valence-electron chi connectivity index (χ1n) is 10.1. The summed E-state index contributed by atoms with van der Waals surface area (Å²) in [6.45, 7) is 4.48. The quantitative estimate of drug-likeness (QED) is 0.569. The van der Waals surface area contributed by atoms with Gasteiger partial charge in [0.15, 0.2) is 0 Å². The van der Waals surface area contributed by atoms with E-state index in [1.165, 1.54) is 6.42 Å². The number of esters is 1. The second-order valence-electron chi connectivity index (χ2n) is 7.72. The average molecular weight is 365 g/mol. The van der Waals surface area contributed by atoms with E-state index in [4.69, 9.17) is 4.74 Å². The van der Waals surface area contributed by atoms with Crippen LogP contribution in [0.15, 0.2) is 0 Å². The van der Waals surface area contributed by atoms with Crippen molar-refractivity contribution in [2.75, 3.05) is 32.8 Å². The van der Waals surface area contributed by atoms with Gasteiger partial charge in [-0.25, -0.2) is 0 Å².